The molecule has 0 amide bonds. The van der Waals surface area contributed by atoms with Crippen LogP contribution >= 0.6 is 20.0 Å². The molecule has 0 bridgehead atoms. The number of alkyl halides is 1. The van der Waals surface area contributed by atoms with Gasteiger partial charge in [-0.1, -0.05) is 0 Å². The molecule has 0 unspecified atom stereocenters. The summed E-state index contributed by atoms with van der Waals surface area (Å²) in [5.74, 6) is 0. The standard InChI is InChI=1S/C5H12ClO2P/c1-3-7-9(5-6)8-4-2/h3-5H2,1-2H3. The highest BCUT2D eigenvalue weighted by molar-refractivity contribution is 7.49. The Hall–Kier alpha value is 0.640. The van der Waals surface area contributed by atoms with Gasteiger partial charge in [0.25, 0.3) is 0 Å². The zero-order valence-electron chi connectivity index (χ0n) is 5.76. The van der Waals surface area contributed by atoms with Crippen molar-refractivity contribution in [3.63, 3.8) is 0 Å². The zero-order chi connectivity index (χ0) is 7.11. The highest BCUT2D eigenvalue weighted by Gasteiger charge is 2.04. The summed E-state index contributed by atoms with van der Waals surface area (Å²) in [6.07, 6.45) is 0. The molecular formula is C5H12ClO2P. The second-order valence-corrected chi connectivity index (χ2v) is 3.43. The Balaban J connectivity index is 3.18. The first-order valence-electron chi connectivity index (χ1n) is 2.94. The van der Waals surface area contributed by atoms with E-state index in [1.54, 1.807) is 0 Å². The van der Waals surface area contributed by atoms with E-state index in [0.29, 0.717) is 18.8 Å². The maximum atomic E-state index is 5.50. The van der Waals surface area contributed by atoms with Crippen LogP contribution in [-0.4, -0.2) is 18.8 Å². The van der Waals surface area contributed by atoms with Gasteiger partial charge in [0, 0.05) is 0 Å². The molecular weight excluding hydrogens is 158 g/mol. The number of halogens is 1. The molecule has 56 valence electrons. The molecule has 0 aromatic heterocycles. The van der Waals surface area contributed by atoms with Gasteiger partial charge in [-0.2, -0.15) is 0 Å². The molecule has 0 aliphatic rings. The molecule has 0 spiro atoms. The van der Waals surface area contributed by atoms with Gasteiger partial charge in [-0.15, -0.1) is 11.6 Å². The molecule has 0 heterocycles. The van der Waals surface area contributed by atoms with Crippen LogP contribution in [0.2, 0.25) is 0 Å². The Kier molecular flexibility index (Phi) is 7.24. The highest BCUT2D eigenvalue weighted by Crippen LogP contribution is 2.38. The average Bonchev–Trinajstić information content (AvgIpc) is 1.88. The van der Waals surface area contributed by atoms with Crippen molar-refractivity contribution in [1.82, 2.24) is 0 Å². The van der Waals surface area contributed by atoms with Crippen LogP contribution in [0.4, 0.5) is 0 Å². The van der Waals surface area contributed by atoms with Gasteiger partial charge in [0.05, 0.1) is 18.8 Å². The van der Waals surface area contributed by atoms with E-state index < -0.39 is 8.38 Å². The number of hydrogen-bond acceptors (Lipinski definition) is 2. The summed E-state index contributed by atoms with van der Waals surface area (Å²) in [4.78, 5) is 0. The normalized spacial score (nSPS) is 10.7. The maximum absolute atomic E-state index is 5.50. The van der Waals surface area contributed by atoms with Crippen LogP contribution in [-0.2, 0) is 9.05 Å². The molecule has 0 saturated carbocycles. The molecule has 0 aliphatic carbocycles. The molecule has 0 rings (SSSR count). The Labute approximate surface area is 62.4 Å². The quantitative estimate of drug-likeness (QED) is 0.466. The fourth-order valence-electron chi connectivity index (χ4n) is 0.394. The van der Waals surface area contributed by atoms with E-state index in [1.165, 1.54) is 0 Å². The SMILES string of the molecule is CCOP(CCl)OCC. The van der Waals surface area contributed by atoms with Crippen LogP contribution in [0.5, 0.6) is 0 Å². The van der Waals surface area contributed by atoms with Gasteiger partial charge in [-0.05, 0) is 13.8 Å². The van der Waals surface area contributed by atoms with Crippen LogP contribution in [0.1, 0.15) is 13.8 Å². The minimum atomic E-state index is -0.793. The van der Waals surface area contributed by atoms with Crippen molar-refractivity contribution in [1.29, 1.82) is 0 Å². The number of rotatable bonds is 5. The van der Waals surface area contributed by atoms with Crippen LogP contribution < -0.4 is 0 Å². The first-order valence-corrected chi connectivity index (χ1v) is 4.84. The van der Waals surface area contributed by atoms with Gasteiger partial charge in [0.15, 0.2) is 8.38 Å². The lowest BCUT2D eigenvalue weighted by molar-refractivity contribution is 0.272. The average molecular weight is 171 g/mol. The van der Waals surface area contributed by atoms with E-state index in [-0.39, 0.29) is 0 Å². The summed E-state index contributed by atoms with van der Waals surface area (Å²) in [5, 5.41) is 0. The Morgan fingerprint density at radius 2 is 1.67 bits per heavy atom. The summed E-state index contributed by atoms with van der Waals surface area (Å²) >= 11 is 5.50. The van der Waals surface area contributed by atoms with Gasteiger partial charge < -0.3 is 9.05 Å². The van der Waals surface area contributed by atoms with Crippen LogP contribution in [0.15, 0.2) is 0 Å². The minimum Gasteiger partial charge on any atom is -0.334 e. The van der Waals surface area contributed by atoms with Gasteiger partial charge in [0.1, 0.15) is 0 Å². The molecule has 0 atom stereocenters. The van der Waals surface area contributed by atoms with E-state index in [4.69, 9.17) is 20.6 Å². The first kappa shape index (κ1) is 9.64. The van der Waals surface area contributed by atoms with Gasteiger partial charge in [-0.3, -0.25) is 0 Å². The maximum Gasteiger partial charge on any atom is 0.186 e. The first-order chi connectivity index (χ1) is 4.35. The topological polar surface area (TPSA) is 18.5 Å². The predicted octanol–water partition coefficient (Wildman–Crippen LogP) is 2.57. The van der Waals surface area contributed by atoms with Crippen molar-refractivity contribution in [2.75, 3.05) is 18.8 Å². The third-order valence-electron chi connectivity index (χ3n) is 0.644. The van der Waals surface area contributed by atoms with Crippen LogP contribution in [0.3, 0.4) is 0 Å². The van der Waals surface area contributed by atoms with Gasteiger partial charge in [0.2, 0.25) is 0 Å². The molecule has 2 nitrogen and oxygen atoms in total. The molecule has 0 radical (unpaired) electrons. The van der Waals surface area contributed by atoms with Gasteiger partial charge in [-0.25, -0.2) is 0 Å². The van der Waals surface area contributed by atoms with Gasteiger partial charge >= 0.3 is 0 Å². The Bertz CT molecular complexity index is 56.9. The lowest BCUT2D eigenvalue weighted by atomic mass is 10.9. The third kappa shape index (κ3) is 5.10. The molecule has 0 aromatic carbocycles. The Morgan fingerprint density at radius 1 is 1.22 bits per heavy atom. The van der Waals surface area contributed by atoms with E-state index in [0.717, 1.165) is 0 Å². The largest absolute Gasteiger partial charge is 0.334 e. The molecule has 0 aromatic rings. The van der Waals surface area contributed by atoms with Crippen molar-refractivity contribution < 1.29 is 9.05 Å². The van der Waals surface area contributed by atoms with E-state index in [9.17, 15) is 0 Å². The van der Waals surface area contributed by atoms with E-state index in [2.05, 4.69) is 0 Å². The molecule has 9 heavy (non-hydrogen) atoms. The Morgan fingerprint density at radius 3 is 1.89 bits per heavy atom. The minimum absolute atomic E-state index is 0.469. The van der Waals surface area contributed by atoms with Crippen molar-refractivity contribution in [2.45, 2.75) is 13.8 Å². The van der Waals surface area contributed by atoms with Crippen molar-refractivity contribution in [3.8, 4) is 0 Å². The van der Waals surface area contributed by atoms with Crippen molar-refractivity contribution in [3.05, 3.63) is 0 Å². The van der Waals surface area contributed by atoms with Crippen molar-refractivity contribution >= 4 is 20.0 Å². The second kappa shape index (κ2) is 6.76. The van der Waals surface area contributed by atoms with Crippen LogP contribution in [0.25, 0.3) is 0 Å². The molecule has 4 heteroatoms. The summed E-state index contributed by atoms with van der Waals surface area (Å²) in [6, 6.07) is 0. The second-order valence-electron chi connectivity index (χ2n) is 1.29. The lowest BCUT2D eigenvalue weighted by Gasteiger charge is -2.11. The molecule has 0 fully saturated rings. The fraction of sp³-hybridized carbons (Fsp3) is 1.00. The predicted molar refractivity (Wildman–Crippen MR) is 40.9 cm³/mol. The summed E-state index contributed by atoms with van der Waals surface area (Å²) in [7, 11) is -0.793. The summed E-state index contributed by atoms with van der Waals surface area (Å²) < 4.78 is 10.3. The summed E-state index contributed by atoms with van der Waals surface area (Å²) in [5.41, 5.74) is 0.469. The van der Waals surface area contributed by atoms with E-state index >= 15 is 0 Å². The fourth-order valence-corrected chi connectivity index (χ4v) is 1.60. The summed E-state index contributed by atoms with van der Waals surface area (Å²) in [6.45, 7) is 5.22. The van der Waals surface area contributed by atoms with Crippen LogP contribution in [0, 0.1) is 0 Å². The monoisotopic (exact) mass is 170 g/mol. The lowest BCUT2D eigenvalue weighted by Crippen LogP contribution is -1.90. The molecule has 0 saturated heterocycles. The number of hydrogen-bond donors (Lipinski definition) is 0. The third-order valence-corrected chi connectivity index (χ3v) is 2.52. The molecule has 0 aliphatic heterocycles. The zero-order valence-corrected chi connectivity index (χ0v) is 7.41. The smallest absolute Gasteiger partial charge is 0.186 e. The molecule has 0 N–H and O–H groups in total. The highest BCUT2D eigenvalue weighted by atomic mass is 35.5. The van der Waals surface area contributed by atoms with Crippen molar-refractivity contribution in [2.24, 2.45) is 0 Å². The van der Waals surface area contributed by atoms with E-state index in [1.807, 2.05) is 13.8 Å².